The Morgan fingerprint density at radius 1 is 1.29 bits per heavy atom. The molecule has 0 saturated carbocycles. The number of halogens is 1. The van der Waals surface area contributed by atoms with E-state index in [9.17, 15) is 0 Å². The number of nitrogens with two attached hydrogens (primary N) is 1. The third-order valence-electron chi connectivity index (χ3n) is 2.52. The quantitative estimate of drug-likeness (QED) is 0.904. The molecule has 1 aromatic heterocycles. The molecule has 1 aromatic carbocycles. The highest BCUT2D eigenvalue weighted by molar-refractivity contribution is 5.85. The lowest BCUT2D eigenvalue weighted by molar-refractivity contribution is 0.414. The second-order valence-corrected chi connectivity index (χ2v) is 3.57. The van der Waals surface area contributed by atoms with E-state index in [0.717, 1.165) is 18.0 Å². The molecule has 0 saturated heterocycles. The van der Waals surface area contributed by atoms with Crippen molar-refractivity contribution in [3.63, 3.8) is 0 Å². The van der Waals surface area contributed by atoms with E-state index in [1.807, 2.05) is 28.8 Å². The molecule has 5 heteroatoms. The van der Waals surface area contributed by atoms with Gasteiger partial charge in [0.05, 0.1) is 19.1 Å². The highest BCUT2D eigenvalue weighted by Crippen LogP contribution is 2.13. The van der Waals surface area contributed by atoms with E-state index in [1.54, 1.807) is 19.6 Å². The van der Waals surface area contributed by atoms with Crippen molar-refractivity contribution >= 4 is 12.4 Å². The number of nitrogens with zero attached hydrogens (tertiary/aromatic N) is 2. The van der Waals surface area contributed by atoms with E-state index >= 15 is 0 Å². The number of benzene rings is 1. The Labute approximate surface area is 107 Å². The summed E-state index contributed by atoms with van der Waals surface area (Å²) in [6, 6.07) is 7.99. The van der Waals surface area contributed by atoms with Crippen LogP contribution < -0.4 is 10.5 Å². The summed E-state index contributed by atoms with van der Waals surface area (Å²) in [4.78, 5) is 4.08. The predicted molar refractivity (Wildman–Crippen MR) is 69.5 cm³/mol. The molecular formula is C12H16ClN3O. The monoisotopic (exact) mass is 253 g/mol. The van der Waals surface area contributed by atoms with Gasteiger partial charge in [0.15, 0.2) is 0 Å². The maximum Gasteiger partial charge on any atom is 0.118 e. The molecule has 0 fully saturated rings. The van der Waals surface area contributed by atoms with Crippen LogP contribution in [-0.4, -0.2) is 16.7 Å². The van der Waals surface area contributed by atoms with Crippen molar-refractivity contribution < 1.29 is 4.74 Å². The summed E-state index contributed by atoms with van der Waals surface area (Å²) in [5, 5.41) is 0. The second-order valence-electron chi connectivity index (χ2n) is 3.57. The van der Waals surface area contributed by atoms with Crippen LogP contribution in [0.4, 0.5) is 0 Å². The van der Waals surface area contributed by atoms with Crippen LogP contribution in [0.15, 0.2) is 36.8 Å². The van der Waals surface area contributed by atoms with Crippen molar-refractivity contribution in [2.75, 3.05) is 7.11 Å². The van der Waals surface area contributed by atoms with E-state index in [2.05, 4.69) is 4.98 Å². The summed E-state index contributed by atoms with van der Waals surface area (Å²) < 4.78 is 7.15. The van der Waals surface area contributed by atoms with Crippen molar-refractivity contribution in [2.45, 2.75) is 13.1 Å². The zero-order valence-corrected chi connectivity index (χ0v) is 10.5. The lowest BCUT2D eigenvalue weighted by atomic mass is 10.2. The minimum atomic E-state index is 0. The third-order valence-corrected chi connectivity index (χ3v) is 2.52. The van der Waals surface area contributed by atoms with Crippen LogP contribution in [0.1, 0.15) is 11.3 Å². The first-order chi connectivity index (χ1) is 7.83. The molecule has 4 nitrogen and oxygen atoms in total. The van der Waals surface area contributed by atoms with Crippen molar-refractivity contribution in [2.24, 2.45) is 5.73 Å². The molecule has 2 rings (SSSR count). The number of rotatable bonds is 4. The van der Waals surface area contributed by atoms with Gasteiger partial charge in [0, 0.05) is 19.3 Å². The minimum absolute atomic E-state index is 0. The Balaban J connectivity index is 0.00000144. The molecule has 92 valence electrons. The summed E-state index contributed by atoms with van der Waals surface area (Å²) >= 11 is 0. The molecule has 2 aromatic rings. The van der Waals surface area contributed by atoms with Crippen LogP contribution in [0.2, 0.25) is 0 Å². The van der Waals surface area contributed by atoms with E-state index in [0.29, 0.717) is 6.54 Å². The zero-order chi connectivity index (χ0) is 11.4. The van der Waals surface area contributed by atoms with Crippen LogP contribution in [-0.2, 0) is 13.1 Å². The zero-order valence-electron chi connectivity index (χ0n) is 9.67. The van der Waals surface area contributed by atoms with Gasteiger partial charge in [-0.25, -0.2) is 4.98 Å². The minimum Gasteiger partial charge on any atom is -0.497 e. The number of ether oxygens (including phenoxy) is 1. The number of imidazole rings is 1. The molecule has 0 aliphatic heterocycles. The highest BCUT2D eigenvalue weighted by Gasteiger charge is 2.01. The fourth-order valence-electron chi connectivity index (χ4n) is 1.59. The smallest absolute Gasteiger partial charge is 0.118 e. The highest BCUT2D eigenvalue weighted by atomic mass is 35.5. The van der Waals surface area contributed by atoms with Crippen molar-refractivity contribution in [3.8, 4) is 5.75 Å². The van der Waals surface area contributed by atoms with Crippen molar-refractivity contribution in [1.82, 2.24) is 9.55 Å². The fourth-order valence-corrected chi connectivity index (χ4v) is 1.59. The Kier molecular flexibility index (Phi) is 5.00. The van der Waals surface area contributed by atoms with Gasteiger partial charge in [0.1, 0.15) is 5.75 Å². The standard InChI is InChI=1S/C12H15N3O.ClH/c1-16-12-4-2-10(3-5-12)8-15-9-14-7-11(15)6-13;/h2-5,7,9H,6,8,13H2,1H3;1H. The Morgan fingerprint density at radius 2 is 2.00 bits per heavy atom. The van der Waals surface area contributed by atoms with Gasteiger partial charge >= 0.3 is 0 Å². The maximum atomic E-state index is 5.61. The predicted octanol–water partition coefficient (Wildman–Crippen LogP) is 1.82. The summed E-state index contributed by atoms with van der Waals surface area (Å²) in [5.74, 6) is 0.869. The van der Waals surface area contributed by atoms with Crippen molar-refractivity contribution in [3.05, 3.63) is 48.0 Å². The number of aromatic nitrogens is 2. The van der Waals surface area contributed by atoms with Gasteiger partial charge in [0.25, 0.3) is 0 Å². The number of hydrogen-bond donors (Lipinski definition) is 1. The molecule has 0 atom stereocenters. The average molecular weight is 254 g/mol. The van der Waals surface area contributed by atoms with Gasteiger partial charge in [-0.05, 0) is 17.7 Å². The van der Waals surface area contributed by atoms with Gasteiger partial charge in [0.2, 0.25) is 0 Å². The Morgan fingerprint density at radius 3 is 2.59 bits per heavy atom. The molecule has 17 heavy (non-hydrogen) atoms. The van der Waals surface area contributed by atoms with Crippen molar-refractivity contribution in [1.29, 1.82) is 0 Å². The topological polar surface area (TPSA) is 53.1 Å². The average Bonchev–Trinajstić information content (AvgIpc) is 2.77. The molecule has 0 aliphatic rings. The first-order valence-corrected chi connectivity index (χ1v) is 5.15. The van der Waals surface area contributed by atoms with Gasteiger partial charge in [-0.2, -0.15) is 0 Å². The van der Waals surface area contributed by atoms with Crippen LogP contribution in [0.3, 0.4) is 0 Å². The van der Waals surface area contributed by atoms with Gasteiger partial charge in [-0.3, -0.25) is 0 Å². The van der Waals surface area contributed by atoms with Gasteiger partial charge in [-0.1, -0.05) is 12.1 Å². The molecule has 0 bridgehead atoms. The van der Waals surface area contributed by atoms with Crippen LogP contribution in [0, 0.1) is 0 Å². The second kappa shape index (κ2) is 6.27. The summed E-state index contributed by atoms with van der Waals surface area (Å²) in [5.41, 5.74) is 7.85. The van der Waals surface area contributed by atoms with Gasteiger partial charge < -0.3 is 15.0 Å². The largest absolute Gasteiger partial charge is 0.497 e. The molecule has 0 unspecified atom stereocenters. The van der Waals surface area contributed by atoms with E-state index in [4.69, 9.17) is 10.5 Å². The molecule has 2 N–H and O–H groups in total. The Bertz CT molecular complexity index is 453. The van der Waals surface area contributed by atoms with Crippen LogP contribution in [0.25, 0.3) is 0 Å². The van der Waals surface area contributed by atoms with E-state index < -0.39 is 0 Å². The molecule has 0 spiro atoms. The SMILES string of the molecule is COc1ccc(Cn2cncc2CN)cc1.Cl. The van der Waals surface area contributed by atoms with Crippen LogP contribution >= 0.6 is 12.4 Å². The number of methoxy groups -OCH3 is 1. The molecule has 0 amide bonds. The molecular weight excluding hydrogens is 238 g/mol. The van der Waals surface area contributed by atoms with Crippen LogP contribution in [0.5, 0.6) is 5.75 Å². The number of hydrogen-bond acceptors (Lipinski definition) is 3. The normalized spacial score (nSPS) is 9.76. The first kappa shape index (κ1) is 13.5. The van der Waals surface area contributed by atoms with E-state index in [1.165, 1.54) is 5.56 Å². The lowest BCUT2D eigenvalue weighted by Gasteiger charge is -2.07. The maximum absolute atomic E-state index is 5.61. The lowest BCUT2D eigenvalue weighted by Crippen LogP contribution is -2.07. The Hall–Kier alpha value is -1.52. The molecule has 1 heterocycles. The first-order valence-electron chi connectivity index (χ1n) is 5.15. The molecule has 0 aliphatic carbocycles. The van der Waals surface area contributed by atoms with E-state index in [-0.39, 0.29) is 12.4 Å². The summed E-state index contributed by atoms with van der Waals surface area (Å²) in [7, 11) is 1.66. The fraction of sp³-hybridized carbons (Fsp3) is 0.250. The van der Waals surface area contributed by atoms with Gasteiger partial charge in [-0.15, -0.1) is 12.4 Å². The summed E-state index contributed by atoms with van der Waals surface area (Å²) in [6.07, 6.45) is 3.59. The summed E-state index contributed by atoms with van der Waals surface area (Å²) in [6.45, 7) is 1.30. The third kappa shape index (κ3) is 3.22. The molecule has 0 radical (unpaired) electrons.